The highest BCUT2D eigenvalue weighted by Crippen LogP contribution is 2.27. The van der Waals surface area contributed by atoms with Crippen LogP contribution in [0, 0.1) is 0 Å². The Morgan fingerprint density at radius 3 is 2.72 bits per heavy atom. The van der Waals surface area contributed by atoms with Gasteiger partial charge in [0, 0.05) is 6.04 Å². The molecule has 0 saturated heterocycles. The summed E-state index contributed by atoms with van der Waals surface area (Å²) in [6, 6.07) is 7.74. The summed E-state index contributed by atoms with van der Waals surface area (Å²) in [4.78, 5) is 0. The molecule has 0 heterocycles. The van der Waals surface area contributed by atoms with Crippen molar-refractivity contribution in [3.05, 3.63) is 34.9 Å². The Morgan fingerprint density at radius 1 is 1.11 bits per heavy atom. The second-order valence-electron chi connectivity index (χ2n) is 5.49. The molecule has 1 aliphatic carbocycles. The van der Waals surface area contributed by atoms with E-state index in [4.69, 9.17) is 0 Å². The number of unbranched alkanes of at least 4 members (excludes halogenated alkanes) is 2. The minimum atomic E-state index is 0.562. The minimum Gasteiger partial charge on any atom is -0.310 e. The average molecular weight is 245 g/mol. The Bertz CT molecular complexity index is 370. The van der Waals surface area contributed by atoms with Gasteiger partial charge in [0.2, 0.25) is 0 Å². The summed E-state index contributed by atoms with van der Waals surface area (Å²) in [6.07, 6.45) is 9.20. The van der Waals surface area contributed by atoms with Crippen molar-refractivity contribution in [2.45, 2.75) is 64.8 Å². The summed E-state index contributed by atoms with van der Waals surface area (Å²) < 4.78 is 0. The molecule has 100 valence electrons. The van der Waals surface area contributed by atoms with Gasteiger partial charge in [-0.3, -0.25) is 0 Å². The van der Waals surface area contributed by atoms with Gasteiger partial charge in [-0.15, -0.1) is 0 Å². The van der Waals surface area contributed by atoms with Crippen molar-refractivity contribution in [1.82, 2.24) is 5.32 Å². The smallest absolute Gasteiger partial charge is 0.0320 e. The van der Waals surface area contributed by atoms with E-state index in [0.717, 1.165) is 6.54 Å². The quantitative estimate of drug-likeness (QED) is 0.702. The molecule has 0 radical (unpaired) electrons. The highest BCUT2D eigenvalue weighted by atomic mass is 14.9. The fourth-order valence-electron chi connectivity index (χ4n) is 3.04. The van der Waals surface area contributed by atoms with E-state index in [1.807, 2.05) is 0 Å². The van der Waals surface area contributed by atoms with Crippen molar-refractivity contribution in [3.8, 4) is 0 Å². The van der Waals surface area contributed by atoms with Crippen molar-refractivity contribution in [3.63, 3.8) is 0 Å². The number of hydrogen-bond donors (Lipinski definition) is 1. The molecule has 1 aromatic carbocycles. The molecule has 1 nitrogen and oxygen atoms in total. The van der Waals surface area contributed by atoms with E-state index in [-0.39, 0.29) is 0 Å². The number of aryl methyl sites for hydroxylation is 2. The summed E-state index contributed by atoms with van der Waals surface area (Å²) in [7, 11) is 0. The van der Waals surface area contributed by atoms with Gasteiger partial charge < -0.3 is 5.32 Å². The van der Waals surface area contributed by atoms with Gasteiger partial charge in [-0.2, -0.15) is 0 Å². The van der Waals surface area contributed by atoms with Crippen LogP contribution in [0.15, 0.2) is 18.2 Å². The van der Waals surface area contributed by atoms with E-state index in [1.165, 1.54) is 50.5 Å². The van der Waals surface area contributed by atoms with Crippen molar-refractivity contribution in [2.24, 2.45) is 0 Å². The van der Waals surface area contributed by atoms with Crippen LogP contribution in [0.5, 0.6) is 0 Å². The van der Waals surface area contributed by atoms with Gasteiger partial charge in [-0.1, -0.05) is 51.3 Å². The third-order valence-corrected chi connectivity index (χ3v) is 4.07. The van der Waals surface area contributed by atoms with Gasteiger partial charge >= 0.3 is 0 Å². The molecule has 2 rings (SSSR count). The van der Waals surface area contributed by atoms with Crippen molar-refractivity contribution in [1.29, 1.82) is 0 Å². The van der Waals surface area contributed by atoms with E-state index in [1.54, 1.807) is 11.1 Å². The molecular weight excluding hydrogens is 218 g/mol. The zero-order valence-electron chi connectivity index (χ0n) is 12.0. The number of rotatable bonds is 7. The van der Waals surface area contributed by atoms with Crippen LogP contribution in [0.3, 0.4) is 0 Å². The van der Waals surface area contributed by atoms with E-state index < -0.39 is 0 Å². The summed E-state index contributed by atoms with van der Waals surface area (Å²) in [5.74, 6) is 0. The third-order valence-electron chi connectivity index (χ3n) is 4.07. The molecule has 0 spiro atoms. The van der Waals surface area contributed by atoms with Crippen molar-refractivity contribution >= 4 is 0 Å². The number of benzene rings is 1. The zero-order valence-corrected chi connectivity index (χ0v) is 12.0. The van der Waals surface area contributed by atoms with Gasteiger partial charge in [-0.25, -0.2) is 0 Å². The van der Waals surface area contributed by atoms with E-state index in [0.29, 0.717) is 6.04 Å². The minimum absolute atomic E-state index is 0.562. The predicted octanol–water partition coefficient (Wildman–Crippen LogP) is 4.41. The van der Waals surface area contributed by atoms with E-state index in [9.17, 15) is 0 Å². The van der Waals surface area contributed by atoms with Gasteiger partial charge in [0.05, 0.1) is 0 Å². The molecule has 1 aromatic rings. The van der Waals surface area contributed by atoms with Crippen LogP contribution < -0.4 is 5.32 Å². The van der Waals surface area contributed by atoms with Crippen LogP contribution in [-0.4, -0.2) is 6.54 Å². The first-order valence-corrected chi connectivity index (χ1v) is 7.70. The second-order valence-corrected chi connectivity index (χ2v) is 5.49. The fourth-order valence-corrected chi connectivity index (χ4v) is 3.04. The largest absolute Gasteiger partial charge is 0.310 e. The molecule has 1 atom stereocenters. The number of fused-ring (bicyclic) bond motifs is 1. The Labute approximate surface area is 112 Å². The maximum absolute atomic E-state index is 3.65. The summed E-state index contributed by atoms with van der Waals surface area (Å²) in [5, 5.41) is 3.65. The molecule has 1 unspecified atom stereocenters. The predicted molar refractivity (Wildman–Crippen MR) is 79.0 cm³/mol. The molecule has 18 heavy (non-hydrogen) atoms. The molecule has 1 heteroatoms. The monoisotopic (exact) mass is 245 g/mol. The summed E-state index contributed by atoms with van der Waals surface area (Å²) >= 11 is 0. The molecule has 0 saturated carbocycles. The van der Waals surface area contributed by atoms with Gasteiger partial charge in [-0.05, 0) is 48.9 Å². The lowest BCUT2D eigenvalue weighted by Crippen LogP contribution is -2.21. The van der Waals surface area contributed by atoms with Crippen LogP contribution >= 0.6 is 0 Å². The lowest BCUT2D eigenvalue weighted by atomic mass is 9.97. The number of nitrogens with one attached hydrogen (secondary N) is 1. The summed E-state index contributed by atoms with van der Waals surface area (Å²) in [5.41, 5.74) is 4.70. The Balaban J connectivity index is 2.04. The third kappa shape index (κ3) is 3.35. The highest BCUT2D eigenvalue weighted by Gasteiger charge is 2.15. The van der Waals surface area contributed by atoms with Crippen molar-refractivity contribution < 1.29 is 0 Å². The molecule has 0 bridgehead atoms. The van der Waals surface area contributed by atoms with Gasteiger partial charge in [0.25, 0.3) is 0 Å². The maximum Gasteiger partial charge on any atom is 0.0320 e. The SMILES string of the molecule is CCCCCC(NCC)c1ccc2c(c1)CCC2. The van der Waals surface area contributed by atoms with Crippen LogP contribution in [-0.2, 0) is 12.8 Å². The van der Waals surface area contributed by atoms with Crippen LogP contribution in [0.4, 0.5) is 0 Å². The first-order valence-electron chi connectivity index (χ1n) is 7.70. The number of hydrogen-bond acceptors (Lipinski definition) is 1. The van der Waals surface area contributed by atoms with Gasteiger partial charge in [0.15, 0.2) is 0 Å². The Morgan fingerprint density at radius 2 is 1.94 bits per heavy atom. The Hall–Kier alpha value is -0.820. The lowest BCUT2D eigenvalue weighted by molar-refractivity contribution is 0.486. The molecular formula is C17H27N. The van der Waals surface area contributed by atoms with E-state index in [2.05, 4.69) is 37.4 Å². The standard InChI is InChI=1S/C17H27N/c1-3-5-6-10-17(18-4-2)16-12-11-14-8-7-9-15(14)13-16/h11-13,17-18H,3-10H2,1-2H3. The molecule has 0 fully saturated rings. The summed E-state index contributed by atoms with van der Waals surface area (Å²) in [6.45, 7) is 5.55. The molecule has 1 N–H and O–H groups in total. The first kappa shape index (κ1) is 13.6. The van der Waals surface area contributed by atoms with Crippen LogP contribution in [0.25, 0.3) is 0 Å². The van der Waals surface area contributed by atoms with Gasteiger partial charge in [0.1, 0.15) is 0 Å². The molecule has 0 amide bonds. The zero-order chi connectivity index (χ0) is 12.8. The van der Waals surface area contributed by atoms with Crippen LogP contribution in [0.2, 0.25) is 0 Å². The maximum atomic E-state index is 3.65. The Kier molecular flexibility index (Phi) is 5.25. The topological polar surface area (TPSA) is 12.0 Å². The fraction of sp³-hybridized carbons (Fsp3) is 0.647. The lowest BCUT2D eigenvalue weighted by Gasteiger charge is -2.19. The van der Waals surface area contributed by atoms with E-state index >= 15 is 0 Å². The molecule has 0 aromatic heterocycles. The van der Waals surface area contributed by atoms with Crippen LogP contribution in [0.1, 0.15) is 68.7 Å². The van der Waals surface area contributed by atoms with Crippen molar-refractivity contribution in [2.75, 3.05) is 6.54 Å². The molecule has 0 aliphatic heterocycles. The highest BCUT2D eigenvalue weighted by molar-refractivity contribution is 5.36. The average Bonchev–Trinajstić information content (AvgIpc) is 2.85. The second kappa shape index (κ2) is 6.94. The first-order chi connectivity index (χ1) is 8.85. The molecule has 1 aliphatic rings. The normalized spacial score (nSPS) is 15.7.